The Labute approximate surface area is 180 Å². The van der Waals surface area contributed by atoms with Crippen LogP contribution >= 0.6 is 0 Å². The third-order valence-corrected chi connectivity index (χ3v) is 6.47. The average Bonchev–Trinajstić information content (AvgIpc) is 2.74. The number of hydrogen-bond acceptors (Lipinski definition) is 7. The Morgan fingerprint density at radius 2 is 1.84 bits per heavy atom. The van der Waals surface area contributed by atoms with E-state index in [9.17, 15) is 36.1 Å². The molecule has 1 heterocycles. The highest BCUT2D eigenvalue weighted by atomic mass is 32.2. The van der Waals surface area contributed by atoms with Crippen molar-refractivity contribution in [2.75, 3.05) is 38.2 Å². The van der Waals surface area contributed by atoms with Gasteiger partial charge in [-0.05, 0) is 29.8 Å². The van der Waals surface area contributed by atoms with Crippen molar-refractivity contribution in [1.29, 1.82) is 0 Å². The van der Waals surface area contributed by atoms with Crippen molar-refractivity contribution in [3.8, 4) is 0 Å². The smallest absolute Gasteiger partial charge is 0.379 e. The maximum Gasteiger partial charge on any atom is 0.501 e. The van der Waals surface area contributed by atoms with E-state index in [2.05, 4.69) is 5.32 Å². The summed E-state index contributed by atoms with van der Waals surface area (Å²) in [7, 11) is -5.74. The summed E-state index contributed by atoms with van der Waals surface area (Å²) in [6.07, 6.45) is 0. The Morgan fingerprint density at radius 1 is 1.16 bits per heavy atom. The van der Waals surface area contributed by atoms with Crippen LogP contribution in [-0.4, -0.2) is 56.6 Å². The van der Waals surface area contributed by atoms with Crippen molar-refractivity contribution in [1.82, 2.24) is 4.90 Å². The van der Waals surface area contributed by atoms with E-state index in [0.29, 0.717) is 44.0 Å². The second kappa shape index (κ2) is 9.38. The molecule has 1 aliphatic heterocycles. The molecule has 0 amide bonds. The van der Waals surface area contributed by atoms with Gasteiger partial charge in [-0.1, -0.05) is 12.1 Å². The number of hydrogen-bond donors (Lipinski definition) is 1. The van der Waals surface area contributed by atoms with Gasteiger partial charge in [0, 0.05) is 25.7 Å². The molecule has 0 saturated carbocycles. The number of rotatable bonds is 7. The minimum atomic E-state index is -5.74. The number of ether oxygens (including phenoxy) is 1. The first-order valence-electron chi connectivity index (χ1n) is 9.41. The van der Waals surface area contributed by atoms with Gasteiger partial charge in [0.1, 0.15) is 11.5 Å². The third kappa shape index (κ3) is 5.16. The molecule has 3 rings (SSSR count). The molecule has 1 N–H and O–H groups in total. The molecule has 0 radical (unpaired) electrons. The number of benzene rings is 2. The molecule has 1 aliphatic rings. The highest BCUT2D eigenvalue weighted by Crippen LogP contribution is 2.35. The third-order valence-electron chi connectivity index (χ3n) is 4.99. The highest BCUT2D eigenvalue weighted by molar-refractivity contribution is 7.92. The van der Waals surface area contributed by atoms with Crippen molar-refractivity contribution in [3.05, 3.63) is 64.0 Å². The van der Waals surface area contributed by atoms with E-state index in [1.165, 1.54) is 18.2 Å². The summed E-state index contributed by atoms with van der Waals surface area (Å²) in [5.41, 5.74) is -5.98. The Kier molecular flexibility index (Phi) is 7.00. The number of nitrogens with one attached hydrogen (secondary N) is 1. The van der Waals surface area contributed by atoms with Crippen LogP contribution in [0.4, 0.5) is 28.9 Å². The summed E-state index contributed by atoms with van der Waals surface area (Å²) >= 11 is 0. The molecule has 8 nitrogen and oxygen atoms in total. The highest BCUT2D eigenvalue weighted by Gasteiger charge is 2.47. The number of halogens is 4. The van der Waals surface area contributed by atoms with Crippen molar-refractivity contribution in [2.24, 2.45) is 0 Å². The fourth-order valence-electron chi connectivity index (χ4n) is 3.38. The molecule has 174 valence electrons. The summed E-state index contributed by atoms with van der Waals surface area (Å²) < 4.78 is 80.8. The van der Waals surface area contributed by atoms with Gasteiger partial charge in [0.15, 0.2) is 0 Å². The van der Waals surface area contributed by atoms with Crippen LogP contribution in [0.25, 0.3) is 0 Å². The molecule has 32 heavy (non-hydrogen) atoms. The van der Waals surface area contributed by atoms with Crippen LogP contribution in [0.5, 0.6) is 0 Å². The molecule has 2 aromatic rings. The van der Waals surface area contributed by atoms with Crippen molar-refractivity contribution < 1.29 is 35.6 Å². The minimum Gasteiger partial charge on any atom is -0.379 e. The van der Waals surface area contributed by atoms with Gasteiger partial charge in [-0.2, -0.15) is 13.2 Å². The molecule has 1 saturated heterocycles. The van der Waals surface area contributed by atoms with Crippen molar-refractivity contribution in [3.63, 3.8) is 0 Å². The quantitative estimate of drug-likeness (QED) is 0.370. The van der Waals surface area contributed by atoms with E-state index in [4.69, 9.17) is 4.74 Å². The number of nitro benzene ring substituents is 1. The van der Waals surface area contributed by atoms with E-state index in [1.807, 2.05) is 4.90 Å². The molecule has 0 spiro atoms. The fourth-order valence-corrected chi connectivity index (χ4v) is 4.16. The Balaban J connectivity index is 1.91. The summed E-state index contributed by atoms with van der Waals surface area (Å²) in [6.45, 7) is 1.98. The van der Waals surface area contributed by atoms with Gasteiger partial charge in [-0.25, -0.2) is 12.8 Å². The van der Waals surface area contributed by atoms with E-state index < -0.39 is 42.7 Å². The normalized spacial score (nSPS) is 16.5. The summed E-state index contributed by atoms with van der Waals surface area (Å²) in [5.74, 6) is -0.464. The largest absolute Gasteiger partial charge is 0.501 e. The molecule has 2 aromatic carbocycles. The first kappa shape index (κ1) is 23.9. The minimum absolute atomic E-state index is 0.0513. The predicted molar refractivity (Wildman–Crippen MR) is 106 cm³/mol. The molecular weight excluding hydrogens is 458 g/mol. The molecule has 1 fully saturated rings. The summed E-state index contributed by atoms with van der Waals surface area (Å²) in [5, 5.41) is 14.2. The van der Waals surface area contributed by atoms with Gasteiger partial charge >= 0.3 is 5.51 Å². The van der Waals surface area contributed by atoms with Crippen LogP contribution < -0.4 is 5.32 Å². The van der Waals surface area contributed by atoms with Crippen LogP contribution in [0.1, 0.15) is 11.6 Å². The lowest BCUT2D eigenvalue weighted by Gasteiger charge is -2.35. The lowest BCUT2D eigenvalue weighted by Crippen LogP contribution is -2.41. The van der Waals surface area contributed by atoms with Crippen LogP contribution in [0, 0.1) is 15.9 Å². The topological polar surface area (TPSA) is 102 Å². The zero-order chi connectivity index (χ0) is 23.5. The average molecular weight is 477 g/mol. The van der Waals surface area contributed by atoms with Gasteiger partial charge in [0.2, 0.25) is 0 Å². The maximum atomic E-state index is 13.8. The zero-order valence-corrected chi connectivity index (χ0v) is 17.3. The van der Waals surface area contributed by atoms with Crippen molar-refractivity contribution >= 4 is 21.2 Å². The number of sulfone groups is 1. The molecule has 1 unspecified atom stereocenters. The molecule has 13 heteroatoms. The van der Waals surface area contributed by atoms with Gasteiger partial charge < -0.3 is 10.1 Å². The molecule has 0 aliphatic carbocycles. The molecule has 0 aromatic heterocycles. The van der Waals surface area contributed by atoms with E-state index in [-0.39, 0.29) is 12.2 Å². The van der Waals surface area contributed by atoms with Crippen LogP contribution in [-0.2, 0) is 14.6 Å². The lowest BCUT2D eigenvalue weighted by molar-refractivity contribution is -0.384. The van der Waals surface area contributed by atoms with Crippen LogP contribution in [0.15, 0.2) is 47.4 Å². The lowest BCUT2D eigenvalue weighted by atomic mass is 10.0. The second-order valence-electron chi connectivity index (χ2n) is 6.99. The van der Waals surface area contributed by atoms with E-state index in [0.717, 1.165) is 6.07 Å². The monoisotopic (exact) mass is 477 g/mol. The van der Waals surface area contributed by atoms with Gasteiger partial charge in [-0.3, -0.25) is 15.0 Å². The van der Waals surface area contributed by atoms with Gasteiger partial charge in [0.25, 0.3) is 15.5 Å². The zero-order valence-electron chi connectivity index (χ0n) is 16.5. The standard InChI is InChI=1S/C19H19F4N3O5S/c20-14-3-1-2-13(10-14)18(25-6-8-31-9-7-25)12-24-16-5-4-15(11-17(16)26(27)28)32(29,30)19(21,22)23/h1-5,10-11,18,24H,6-9,12H2. The first-order valence-corrected chi connectivity index (χ1v) is 10.9. The number of anilines is 1. The van der Waals surface area contributed by atoms with E-state index >= 15 is 0 Å². The maximum absolute atomic E-state index is 13.8. The summed E-state index contributed by atoms with van der Waals surface area (Å²) in [4.78, 5) is 11.2. The van der Waals surface area contributed by atoms with E-state index in [1.54, 1.807) is 6.07 Å². The van der Waals surface area contributed by atoms with Gasteiger partial charge in [-0.15, -0.1) is 0 Å². The summed E-state index contributed by atoms with van der Waals surface area (Å²) in [6, 6.07) is 7.34. The predicted octanol–water partition coefficient (Wildman–Crippen LogP) is 3.51. The first-order chi connectivity index (χ1) is 15.0. The number of morpholine rings is 1. The fraction of sp³-hybridized carbons (Fsp3) is 0.368. The molecule has 1 atom stereocenters. The molecule has 0 bridgehead atoms. The SMILES string of the molecule is O=[N+]([O-])c1cc(S(=O)(=O)C(F)(F)F)ccc1NCC(c1cccc(F)c1)N1CCOCC1. The Hall–Kier alpha value is -2.77. The number of nitro groups is 1. The Morgan fingerprint density at radius 3 is 2.44 bits per heavy atom. The number of alkyl halides is 3. The Bertz CT molecular complexity index is 1090. The van der Waals surface area contributed by atoms with Gasteiger partial charge in [0.05, 0.1) is 29.1 Å². The molecular formula is C19H19F4N3O5S. The second-order valence-corrected chi connectivity index (χ2v) is 8.93. The van der Waals surface area contributed by atoms with Crippen LogP contribution in [0.2, 0.25) is 0 Å². The number of nitrogens with zero attached hydrogens (tertiary/aromatic N) is 2. The van der Waals surface area contributed by atoms with Crippen molar-refractivity contribution in [2.45, 2.75) is 16.4 Å². The van der Waals surface area contributed by atoms with Crippen LogP contribution in [0.3, 0.4) is 0 Å².